The molecule has 9 heteroatoms. The zero-order valence-corrected chi connectivity index (χ0v) is 18.7. The van der Waals surface area contributed by atoms with E-state index in [9.17, 15) is 9.59 Å². The number of nitrogens with zero attached hydrogens (tertiary/aromatic N) is 2. The van der Waals surface area contributed by atoms with Crippen molar-refractivity contribution in [3.63, 3.8) is 0 Å². The third kappa shape index (κ3) is 4.98. The molecule has 0 bridgehead atoms. The van der Waals surface area contributed by atoms with Gasteiger partial charge in [-0.3, -0.25) is 9.59 Å². The molecule has 1 aliphatic heterocycles. The predicted molar refractivity (Wildman–Crippen MR) is 116 cm³/mol. The number of carbonyl (C=O) groups is 2. The molecule has 1 N–H and O–H groups in total. The highest BCUT2D eigenvalue weighted by Gasteiger charge is 2.27. The molecular weight excluding hydrogens is 466 g/mol. The van der Waals surface area contributed by atoms with Crippen LogP contribution in [0.4, 0.5) is 5.69 Å². The first-order valence-electron chi connectivity index (χ1n) is 8.76. The Hall–Kier alpha value is -1.77. The Morgan fingerprint density at radius 3 is 2.86 bits per heavy atom. The van der Waals surface area contributed by atoms with Gasteiger partial charge in [0.1, 0.15) is 5.75 Å². The van der Waals surface area contributed by atoms with Gasteiger partial charge < -0.3 is 19.9 Å². The van der Waals surface area contributed by atoms with Crippen LogP contribution in [-0.2, 0) is 4.79 Å². The van der Waals surface area contributed by atoms with Gasteiger partial charge in [0.2, 0.25) is 5.91 Å². The number of carbonyl (C=O) groups excluding carboxylic acids is 2. The van der Waals surface area contributed by atoms with Crippen molar-refractivity contribution in [2.75, 3.05) is 38.7 Å². The maximum absolute atomic E-state index is 12.4. The van der Waals surface area contributed by atoms with E-state index in [1.54, 1.807) is 26.3 Å². The summed E-state index contributed by atoms with van der Waals surface area (Å²) < 4.78 is 6.30. The monoisotopic (exact) mass is 485 g/mol. The van der Waals surface area contributed by atoms with E-state index < -0.39 is 0 Å². The van der Waals surface area contributed by atoms with E-state index in [0.717, 1.165) is 28.2 Å². The van der Waals surface area contributed by atoms with E-state index >= 15 is 0 Å². The summed E-state index contributed by atoms with van der Waals surface area (Å²) in [5.74, 6) is 0.419. The number of methoxy groups -OCH3 is 1. The highest BCUT2D eigenvalue weighted by Crippen LogP contribution is 2.33. The first-order valence-corrected chi connectivity index (χ1v) is 10.7. The third-order valence-corrected chi connectivity index (χ3v) is 6.39. The fraction of sp³-hybridized carbons (Fsp3) is 0.368. The van der Waals surface area contributed by atoms with E-state index in [0.29, 0.717) is 16.4 Å². The minimum Gasteiger partial charge on any atom is -0.495 e. The number of hydrogen-bond acceptors (Lipinski definition) is 5. The third-order valence-electron chi connectivity index (χ3n) is 4.55. The van der Waals surface area contributed by atoms with Gasteiger partial charge in [-0.25, -0.2) is 0 Å². The highest BCUT2D eigenvalue weighted by molar-refractivity contribution is 9.11. The molecule has 2 aromatic rings. The van der Waals surface area contributed by atoms with E-state index in [1.165, 1.54) is 16.2 Å². The minimum atomic E-state index is -0.170. The number of amides is 2. The largest absolute Gasteiger partial charge is 0.495 e. The quantitative estimate of drug-likeness (QED) is 0.677. The highest BCUT2D eigenvalue weighted by atomic mass is 79.9. The lowest BCUT2D eigenvalue weighted by molar-refractivity contribution is -0.122. The summed E-state index contributed by atoms with van der Waals surface area (Å²) in [5, 5.41) is 3.66. The lowest BCUT2D eigenvalue weighted by Gasteiger charge is -2.22. The molecule has 2 amide bonds. The number of ether oxygens (including phenoxy) is 1. The average Bonchev–Trinajstić information content (AvgIpc) is 3.30. The van der Waals surface area contributed by atoms with Crippen LogP contribution in [0.25, 0.3) is 0 Å². The van der Waals surface area contributed by atoms with Crippen LogP contribution < -0.4 is 15.0 Å². The average molecular weight is 487 g/mol. The van der Waals surface area contributed by atoms with Crippen molar-refractivity contribution in [1.29, 1.82) is 0 Å². The first kappa shape index (κ1) is 21.0. The van der Waals surface area contributed by atoms with Gasteiger partial charge in [-0.15, -0.1) is 11.3 Å². The molecule has 1 fully saturated rings. The van der Waals surface area contributed by atoms with Crippen LogP contribution in [0.15, 0.2) is 34.1 Å². The number of thiophene rings is 1. The number of nitrogens with one attached hydrogen (secondary N) is 1. The SMILES string of the molecule is COc1ccc(Cl)cc1N1CCC(NC(=O)CN(C)C(=O)c2ccc(Br)s2)C1. The summed E-state index contributed by atoms with van der Waals surface area (Å²) in [7, 11) is 3.26. The van der Waals surface area contributed by atoms with Crippen LogP contribution in [0.1, 0.15) is 16.1 Å². The topological polar surface area (TPSA) is 61.9 Å². The molecule has 1 unspecified atom stereocenters. The van der Waals surface area contributed by atoms with Crippen LogP contribution in [-0.4, -0.2) is 56.5 Å². The second kappa shape index (κ2) is 9.15. The Morgan fingerprint density at radius 2 is 2.18 bits per heavy atom. The summed E-state index contributed by atoms with van der Waals surface area (Å²) in [4.78, 5) is 28.9. The van der Waals surface area contributed by atoms with Gasteiger partial charge in [0.05, 0.1) is 28.0 Å². The van der Waals surface area contributed by atoms with Gasteiger partial charge in [0.15, 0.2) is 0 Å². The van der Waals surface area contributed by atoms with E-state index in [2.05, 4.69) is 26.1 Å². The predicted octanol–water partition coefficient (Wildman–Crippen LogP) is 3.64. The summed E-state index contributed by atoms with van der Waals surface area (Å²) in [6.45, 7) is 1.48. The molecule has 0 aliphatic carbocycles. The van der Waals surface area contributed by atoms with Crippen molar-refractivity contribution in [1.82, 2.24) is 10.2 Å². The Bertz CT molecular complexity index is 876. The van der Waals surface area contributed by atoms with Crippen LogP contribution in [0.5, 0.6) is 5.75 Å². The van der Waals surface area contributed by atoms with Crippen LogP contribution in [0.3, 0.4) is 0 Å². The molecule has 6 nitrogen and oxygen atoms in total. The van der Waals surface area contributed by atoms with Crippen molar-refractivity contribution in [3.05, 3.63) is 44.0 Å². The Balaban J connectivity index is 1.54. The van der Waals surface area contributed by atoms with Crippen molar-refractivity contribution in [2.24, 2.45) is 0 Å². The van der Waals surface area contributed by atoms with Crippen LogP contribution >= 0.6 is 38.9 Å². The molecule has 0 radical (unpaired) electrons. The fourth-order valence-corrected chi connectivity index (χ4v) is 4.73. The molecule has 2 heterocycles. The molecule has 0 saturated carbocycles. The molecule has 1 atom stereocenters. The molecule has 28 heavy (non-hydrogen) atoms. The summed E-state index contributed by atoms with van der Waals surface area (Å²) in [5.41, 5.74) is 0.919. The van der Waals surface area contributed by atoms with Gasteiger partial charge in [-0.1, -0.05) is 11.6 Å². The van der Waals surface area contributed by atoms with Gasteiger partial charge in [0, 0.05) is 31.2 Å². The molecule has 1 aromatic carbocycles. The number of anilines is 1. The molecule has 3 rings (SSSR count). The van der Waals surface area contributed by atoms with Gasteiger partial charge >= 0.3 is 0 Å². The lowest BCUT2D eigenvalue weighted by Crippen LogP contribution is -2.43. The van der Waals surface area contributed by atoms with Crippen molar-refractivity contribution >= 4 is 56.4 Å². The van der Waals surface area contributed by atoms with Crippen molar-refractivity contribution in [3.8, 4) is 5.75 Å². The van der Waals surface area contributed by atoms with E-state index in [4.69, 9.17) is 16.3 Å². The van der Waals surface area contributed by atoms with Crippen molar-refractivity contribution < 1.29 is 14.3 Å². The summed E-state index contributed by atoms with van der Waals surface area (Å²) in [6, 6.07) is 9.08. The zero-order valence-electron chi connectivity index (χ0n) is 15.6. The maximum atomic E-state index is 12.4. The number of halogens is 2. The molecule has 1 aromatic heterocycles. The molecule has 1 aliphatic rings. The van der Waals surface area contributed by atoms with Gasteiger partial charge in [-0.2, -0.15) is 0 Å². The first-order chi connectivity index (χ1) is 13.4. The smallest absolute Gasteiger partial charge is 0.264 e. The number of likely N-dealkylation sites (N-methyl/N-ethyl adjacent to an activating group) is 1. The molecule has 0 spiro atoms. The normalized spacial score (nSPS) is 16.1. The number of hydrogen-bond donors (Lipinski definition) is 1. The van der Waals surface area contributed by atoms with E-state index in [1.807, 2.05) is 18.2 Å². The Morgan fingerprint density at radius 1 is 1.39 bits per heavy atom. The number of rotatable bonds is 6. The maximum Gasteiger partial charge on any atom is 0.264 e. The molecule has 1 saturated heterocycles. The summed E-state index contributed by atoms with van der Waals surface area (Å²) >= 11 is 10.8. The Kier molecular flexibility index (Phi) is 6.85. The molecular formula is C19H21BrClN3O3S. The zero-order chi connectivity index (χ0) is 20.3. The van der Waals surface area contributed by atoms with Crippen LogP contribution in [0.2, 0.25) is 5.02 Å². The minimum absolute atomic E-state index is 0.00979. The number of benzene rings is 1. The second-order valence-electron chi connectivity index (χ2n) is 6.58. The summed E-state index contributed by atoms with van der Waals surface area (Å²) in [6.07, 6.45) is 0.816. The van der Waals surface area contributed by atoms with E-state index in [-0.39, 0.29) is 24.4 Å². The molecule has 150 valence electrons. The van der Waals surface area contributed by atoms with Crippen molar-refractivity contribution in [2.45, 2.75) is 12.5 Å². The Labute approximate surface area is 181 Å². The van der Waals surface area contributed by atoms with Gasteiger partial charge in [-0.05, 0) is 52.7 Å². The second-order valence-corrected chi connectivity index (χ2v) is 9.48. The van der Waals surface area contributed by atoms with Gasteiger partial charge in [0.25, 0.3) is 5.91 Å². The standard InChI is InChI=1S/C19H21BrClN3O3S/c1-23(19(26)16-5-6-17(20)28-16)11-18(25)22-13-7-8-24(10-13)14-9-12(21)3-4-15(14)27-2/h3-6,9,13H,7-8,10-11H2,1-2H3,(H,22,25). The lowest BCUT2D eigenvalue weighted by atomic mass is 10.2. The fourth-order valence-electron chi connectivity index (χ4n) is 3.19. The van der Waals surface area contributed by atoms with Crippen LogP contribution in [0, 0.1) is 0 Å².